The van der Waals surface area contributed by atoms with Crippen LogP contribution in [0.15, 0.2) is 51.8 Å². The molecule has 1 aliphatic carbocycles. The molecule has 174 valence electrons. The van der Waals surface area contributed by atoms with Crippen molar-refractivity contribution in [3.8, 4) is 17.0 Å². The highest BCUT2D eigenvalue weighted by Crippen LogP contribution is 2.43. The Hall–Kier alpha value is -3.65. The molecule has 8 nitrogen and oxygen atoms in total. The molecule has 1 fully saturated rings. The number of hydrogen-bond donors (Lipinski definition) is 1. The topological polar surface area (TPSA) is 99.2 Å². The Kier molecular flexibility index (Phi) is 5.61. The van der Waals surface area contributed by atoms with E-state index in [0.29, 0.717) is 44.4 Å². The van der Waals surface area contributed by atoms with Gasteiger partial charge in [0.05, 0.1) is 18.7 Å². The maximum atomic E-state index is 13.7. The number of fused-ring (bicyclic) bond motifs is 1. The number of hydrogen-bond acceptors (Lipinski definition) is 6. The molecule has 1 amide bonds. The molecule has 9 heteroatoms. The number of ether oxygens (including phenoxy) is 1. The van der Waals surface area contributed by atoms with Gasteiger partial charge in [-0.05, 0) is 55.7 Å². The summed E-state index contributed by atoms with van der Waals surface area (Å²) in [6, 6.07) is 12.2. The third-order valence-corrected chi connectivity index (χ3v) is 6.27. The Labute approximate surface area is 200 Å². The molecule has 4 aromatic rings. The van der Waals surface area contributed by atoms with Crippen molar-refractivity contribution in [2.24, 2.45) is 0 Å². The summed E-state index contributed by atoms with van der Waals surface area (Å²) in [7, 11) is 1.55. The Morgan fingerprint density at radius 2 is 1.97 bits per heavy atom. The molecule has 1 atom stereocenters. The number of amides is 1. The second kappa shape index (κ2) is 8.61. The van der Waals surface area contributed by atoms with E-state index in [2.05, 4.69) is 10.5 Å². The summed E-state index contributed by atoms with van der Waals surface area (Å²) in [5.41, 5.74) is 3.16. The lowest BCUT2D eigenvalue weighted by Crippen LogP contribution is -2.27. The molecule has 5 rings (SSSR count). The van der Waals surface area contributed by atoms with Crippen LogP contribution in [-0.2, 0) is 4.79 Å². The van der Waals surface area contributed by atoms with Crippen molar-refractivity contribution in [1.29, 1.82) is 0 Å². The molecule has 0 radical (unpaired) electrons. The van der Waals surface area contributed by atoms with Gasteiger partial charge in [0.2, 0.25) is 11.5 Å². The molecule has 0 saturated heterocycles. The molecule has 2 aromatic heterocycles. The van der Waals surface area contributed by atoms with E-state index in [4.69, 9.17) is 26.0 Å². The molecule has 34 heavy (non-hydrogen) atoms. The van der Waals surface area contributed by atoms with E-state index in [1.807, 2.05) is 19.1 Å². The Balaban J connectivity index is 1.77. The second-order valence-electron chi connectivity index (χ2n) is 8.47. The second-order valence-corrected chi connectivity index (χ2v) is 8.90. The standard InChI is InChI=1S/C25H23ClN4O4/c1-13(15-6-8-17(26)9-7-15)30-25(32)21-22(16-4-5-16)29-34-24(21)23(28-30)19-12-18(27-14(2)31)10-11-20(19)33-3/h6-13,16H,4-5H2,1-3H3,(H,27,31)/t13-/m1/s1. The van der Waals surface area contributed by atoms with Gasteiger partial charge in [-0.2, -0.15) is 5.10 Å². The first kappa shape index (κ1) is 22.2. The number of methoxy groups -OCH3 is 1. The van der Waals surface area contributed by atoms with Gasteiger partial charge in [0.15, 0.2) is 0 Å². The largest absolute Gasteiger partial charge is 0.496 e. The number of benzene rings is 2. The van der Waals surface area contributed by atoms with Crippen molar-refractivity contribution in [3.63, 3.8) is 0 Å². The van der Waals surface area contributed by atoms with Gasteiger partial charge in [0, 0.05) is 23.6 Å². The smallest absolute Gasteiger partial charge is 0.280 e. The van der Waals surface area contributed by atoms with E-state index in [1.54, 1.807) is 37.4 Å². The lowest BCUT2D eigenvalue weighted by atomic mass is 10.1. The number of rotatable bonds is 6. The highest BCUT2D eigenvalue weighted by atomic mass is 35.5. The fourth-order valence-electron chi connectivity index (χ4n) is 4.11. The predicted molar refractivity (Wildman–Crippen MR) is 130 cm³/mol. The van der Waals surface area contributed by atoms with Gasteiger partial charge in [0.1, 0.15) is 22.5 Å². The zero-order valence-electron chi connectivity index (χ0n) is 19.0. The summed E-state index contributed by atoms with van der Waals surface area (Å²) >= 11 is 6.06. The quantitative estimate of drug-likeness (QED) is 0.411. The minimum absolute atomic E-state index is 0.203. The van der Waals surface area contributed by atoms with E-state index >= 15 is 0 Å². The fourth-order valence-corrected chi connectivity index (χ4v) is 4.24. The van der Waals surface area contributed by atoms with Crippen molar-refractivity contribution in [2.75, 3.05) is 12.4 Å². The summed E-state index contributed by atoms with van der Waals surface area (Å²) in [5, 5.41) is 12.8. The Morgan fingerprint density at radius 3 is 2.62 bits per heavy atom. The first-order valence-electron chi connectivity index (χ1n) is 11.0. The summed E-state index contributed by atoms with van der Waals surface area (Å²) in [6.07, 6.45) is 1.93. The molecular formula is C25H23ClN4O4. The number of nitrogens with zero attached hydrogens (tertiary/aromatic N) is 3. The number of halogens is 1. The fraction of sp³-hybridized carbons (Fsp3) is 0.280. The van der Waals surface area contributed by atoms with E-state index in [-0.39, 0.29) is 23.4 Å². The van der Waals surface area contributed by atoms with Crippen molar-refractivity contribution in [3.05, 3.63) is 69.1 Å². The number of carbonyl (C=O) groups is 1. The predicted octanol–water partition coefficient (Wildman–Crippen LogP) is 5.16. The van der Waals surface area contributed by atoms with E-state index in [0.717, 1.165) is 18.4 Å². The van der Waals surface area contributed by atoms with Gasteiger partial charge >= 0.3 is 0 Å². The maximum Gasteiger partial charge on any atom is 0.280 e. The van der Waals surface area contributed by atoms with Crippen LogP contribution in [0.4, 0.5) is 5.69 Å². The van der Waals surface area contributed by atoms with E-state index in [9.17, 15) is 9.59 Å². The van der Waals surface area contributed by atoms with Gasteiger partial charge < -0.3 is 14.6 Å². The zero-order chi connectivity index (χ0) is 24.0. The van der Waals surface area contributed by atoms with Crippen LogP contribution in [0.25, 0.3) is 22.2 Å². The normalized spacial score (nSPS) is 14.2. The SMILES string of the molecule is COc1ccc(NC(C)=O)cc1-c1nn([C@H](C)c2ccc(Cl)cc2)c(=O)c2c(C3CC3)noc12. The van der Waals surface area contributed by atoms with Crippen LogP contribution >= 0.6 is 11.6 Å². The summed E-state index contributed by atoms with van der Waals surface area (Å²) in [6.45, 7) is 3.34. The number of anilines is 1. The lowest BCUT2D eigenvalue weighted by Gasteiger charge is -2.17. The average Bonchev–Trinajstić information content (AvgIpc) is 3.57. The first-order valence-corrected chi connectivity index (χ1v) is 11.4. The van der Waals surface area contributed by atoms with Gasteiger partial charge in [-0.15, -0.1) is 0 Å². The Bertz CT molecular complexity index is 1450. The molecule has 0 aliphatic heterocycles. The zero-order valence-corrected chi connectivity index (χ0v) is 19.7. The van der Waals surface area contributed by atoms with Crippen LogP contribution < -0.4 is 15.6 Å². The highest BCUT2D eigenvalue weighted by molar-refractivity contribution is 6.30. The molecule has 1 N–H and O–H groups in total. The third-order valence-electron chi connectivity index (χ3n) is 6.02. The van der Waals surface area contributed by atoms with Gasteiger partial charge in [0.25, 0.3) is 5.56 Å². The molecule has 2 aromatic carbocycles. The molecule has 1 saturated carbocycles. The van der Waals surface area contributed by atoms with Crippen LogP contribution in [0.1, 0.15) is 49.9 Å². The van der Waals surface area contributed by atoms with Crippen molar-refractivity contribution in [1.82, 2.24) is 14.9 Å². The average molecular weight is 479 g/mol. The van der Waals surface area contributed by atoms with E-state index < -0.39 is 0 Å². The molecule has 0 unspecified atom stereocenters. The van der Waals surface area contributed by atoms with Crippen molar-refractivity contribution >= 4 is 34.2 Å². The molecule has 1 aliphatic rings. The van der Waals surface area contributed by atoms with Crippen LogP contribution in [0, 0.1) is 0 Å². The minimum atomic E-state index is -0.376. The molecule has 2 heterocycles. The third kappa shape index (κ3) is 3.94. The van der Waals surface area contributed by atoms with Gasteiger partial charge in [-0.3, -0.25) is 9.59 Å². The van der Waals surface area contributed by atoms with Gasteiger partial charge in [-0.1, -0.05) is 28.9 Å². The van der Waals surface area contributed by atoms with Crippen LogP contribution in [0.5, 0.6) is 5.75 Å². The summed E-state index contributed by atoms with van der Waals surface area (Å²) in [4.78, 5) is 25.3. The van der Waals surface area contributed by atoms with E-state index in [1.165, 1.54) is 11.6 Å². The highest BCUT2D eigenvalue weighted by Gasteiger charge is 2.33. The number of carbonyl (C=O) groups excluding carboxylic acids is 1. The van der Waals surface area contributed by atoms with Crippen LogP contribution in [-0.4, -0.2) is 28.0 Å². The Morgan fingerprint density at radius 1 is 1.24 bits per heavy atom. The van der Waals surface area contributed by atoms with Crippen LogP contribution in [0.3, 0.4) is 0 Å². The minimum Gasteiger partial charge on any atom is -0.496 e. The van der Waals surface area contributed by atoms with Crippen molar-refractivity contribution < 1.29 is 14.1 Å². The van der Waals surface area contributed by atoms with Crippen LogP contribution in [0.2, 0.25) is 5.02 Å². The number of aromatic nitrogens is 3. The summed E-state index contributed by atoms with van der Waals surface area (Å²) in [5.74, 6) is 0.527. The molecular weight excluding hydrogens is 456 g/mol. The van der Waals surface area contributed by atoms with Crippen molar-refractivity contribution in [2.45, 2.75) is 38.6 Å². The maximum absolute atomic E-state index is 13.7. The first-order chi connectivity index (χ1) is 16.4. The number of nitrogens with one attached hydrogen (secondary N) is 1. The van der Waals surface area contributed by atoms with Gasteiger partial charge in [-0.25, -0.2) is 4.68 Å². The lowest BCUT2D eigenvalue weighted by molar-refractivity contribution is -0.114. The molecule has 0 bridgehead atoms. The summed E-state index contributed by atoms with van der Waals surface area (Å²) < 4.78 is 12.7. The molecule has 0 spiro atoms. The monoisotopic (exact) mass is 478 g/mol.